The fourth-order valence-corrected chi connectivity index (χ4v) is 2.35. The molecule has 84 valence electrons. The number of methoxy groups -OCH3 is 1. The van der Waals surface area contributed by atoms with E-state index in [1.807, 2.05) is 12.1 Å². The Labute approximate surface area is 95.0 Å². The minimum absolute atomic E-state index is 0.670. The first-order chi connectivity index (χ1) is 7.79. The summed E-state index contributed by atoms with van der Waals surface area (Å²) in [6, 6.07) is 6.07. The Kier molecular flexibility index (Phi) is 2.13. The SMILES string of the molecule is COc1ccc2nc(C3CCC3)n(C)c2c1. The second kappa shape index (κ2) is 3.51. The molecule has 3 rings (SSSR count). The van der Waals surface area contributed by atoms with Crippen LogP contribution < -0.4 is 4.74 Å². The van der Waals surface area contributed by atoms with E-state index in [1.165, 1.54) is 30.6 Å². The Hall–Kier alpha value is -1.51. The van der Waals surface area contributed by atoms with Crippen LogP contribution in [0.15, 0.2) is 18.2 Å². The molecule has 3 nitrogen and oxygen atoms in total. The van der Waals surface area contributed by atoms with Crippen molar-refractivity contribution in [3.63, 3.8) is 0 Å². The fourth-order valence-electron chi connectivity index (χ4n) is 2.35. The van der Waals surface area contributed by atoms with E-state index in [1.54, 1.807) is 7.11 Å². The van der Waals surface area contributed by atoms with Crippen molar-refractivity contribution in [2.24, 2.45) is 7.05 Å². The number of hydrogen-bond donors (Lipinski definition) is 0. The largest absolute Gasteiger partial charge is 0.497 e. The summed E-state index contributed by atoms with van der Waals surface area (Å²) in [6.07, 6.45) is 3.92. The average molecular weight is 216 g/mol. The highest BCUT2D eigenvalue weighted by molar-refractivity contribution is 5.77. The van der Waals surface area contributed by atoms with Gasteiger partial charge in [-0.05, 0) is 25.0 Å². The number of rotatable bonds is 2. The maximum atomic E-state index is 5.25. The Balaban J connectivity index is 2.14. The molecule has 16 heavy (non-hydrogen) atoms. The van der Waals surface area contributed by atoms with Crippen molar-refractivity contribution < 1.29 is 4.74 Å². The lowest BCUT2D eigenvalue weighted by Gasteiger charge is -2.24. The maximum absolute atomic E-state index is 5.25. The molecule has 2 aromatic rings. The number of hydrogen-bond acceptors (Lipinski definition) is 2. The Morgan fingerprint density at radius 3 is 2.81 bits per heavy atom. The summed E-state index contributed by atoms with van der Waals surface area (Å²) >= 11 is 0. The third-order valence-corrected chi connectivity index (χ3v) is 3.59. The molecule has 0 saturated heterocycles. The second-order valence-electron chi connectivity index (χ2n) is 4.51. The molecule has 0 amide bonds. The molecule has 1 aliphatic carbocycles. The van der Waals surface area contributed by atoms with Gasteiger partial charge >= 0.3 is 0 Å². The van der Waals surface area contributed by atoms with Crippen molar-refractivity contribution in [1.82, 2.24) is 9.55 Å². The van der Waals surface area contributed by atoms with Crippen LogP contribution in [0.5, 0.6) is 5.75 Å². The monoisotopic (exact) mass is 216 g/mol. The van der Waals surface area contributed by atoms with Gasteiger partial charge in [0.15, 0.2) is 0 Å². The van der Waals surface area contributed by atoms with Gasteiger partial charge in [-0.1, -0.05) is 6.42 Å². The lowest BCUT2D eigenvalue weighted by molar-refractivity contribution is 0.394. The van der Waals surface area contributed by atoms with Crippen LogP contribution in [0.3, 0.4) is 0 Å². The lowest BCUT2D eigenvalue weighted by atomic mass is 9.85. The molecule has 1 saturated carbocycles. The van der Waals surface area contributed by atoms with Crippen molar-refractivity contribution in [3.8, 4) is 5.75 Å². The van der Waals surface area contributed by atoms with Crippen LogP contribution in [0, 0.1) is 0 Å². The summed E-state index contributed by atoms with van der Waals surface area (Å²) < 4.78 is 7.46. The summed E-state index contributed by atoms with van der Waals surface area (Å²) in [4.78, 5) is 4.72. The zero-order valence-corrected chi connectivity index (χ0v) is 9.73. The van der Waals surface area contributed by atoms with Crippen molar-refractivity contribution in [3.05, 3.63) is 24.0 Å². The van der Waals surface area contributed by atoms with Crippen molar-refractivity contribution in [1.29, 1.82) is 0 Å². The topological polar surface area (TPSA) is 27.1 Å². The summed E-state index contributed by atoms with van der Waals surface area (Å²) in [6.45, 7) is 0. The van der Waals surface area contributed by atoms with Gasteiger partial charge < -0.3 is 9.30 Å². The van der Waals surface area contributed by atoms with E-state index < -0.39 is 0 Å². The summed E-state index contributed by atoms with van der Waals surface area (Å²) in [5, 5.41) is 0. The van der Waals surface area contributed by atoms with E-state index in [2.05, 4.69) is 17.7 Å². The van der Waals surface area contributed by atoms with E-state index in [9.17, 15) is 0 Å². The van der Waals surface area contributed by atoms with Crippen LogP contribution >= 0.6 is 0 Å². The van der Waals surface area contributed by atoms with Crippen molar-refractivity contribution in [2.45, 2.75) is 25.2 Å². The van der Waals surface area contributed by atoms with E-state index >= 15 is 0 Å². The molecule has 0 atom stereocenters. The van der Waals surface area contributed by atoms with Crippen LogP contribution in [0.1, 0.15) is 31.0 Å². The highest BCUT2D eigenvalue weighted by Crippen LogP contribution is 2.37. The number of imidazole rings is 1. The van der Waals surface area contributed by atoms with Crippen molar-refractivity contribution in [2.75, 3.05) is 7.11 Å². The number of fused-ring (bicyclic) bond motifs is 1. The minimum Gasteiger partial charge on any atom is -0.497 e. The van der Waals surface area contributed by atoms with Gasteiger partial charge in [0.05, 0.1) is 18.1 Å². The molecular formula is C13H16N2O. The number of benzene rings is 1. The van der Waals surface area contributed by atoms with Gasteiger partial charge in [-0.25, -0.2) is 4.98 Å². The van der Waals surface area contributed by atoms with Gasteiger partial charge in [0.2, 0.25) is 0 Å². The molecule has 1 aromatic carbocycles. The van der Waals surface area contributed by atoms with E-state index in [4.69, 9.17) is 9.72 Å². The van der Waals surface area contributed by atoms with Gasteiger partial charge in [-0.2, -0.15) is 0 Å². The Morgan fingerprint density at radius 1 is 1.38 bits per heavy atom. The van der Waals surface area contributed by atoms with E-state index in [0.29, 0.717) is 5.92 Å². The molecular weight excluding hydrogens is 200 g/mol. The first-order valence-corrected chi connectivity index (χ1v) is 5.80. The predicted octanol–water partition coefficient (Wildman–Crippen LogP) is 2.85. The maximum Gasteiger partial charge on any atom is 0.121 e. The normalized spacial score (nSPS) is 16.4. The number of aryl methyl sites for hydroxylation is 1. The standard InChI is InChI=1S/C13H16N2O/c1-15-12-8-10(16-2)6-7-11(12)14-13(15)9-4-3-5-9/h6-9H,3-5H2,1-2H3. The molecule has 1 heterocycles. The van der Waals surface area contributed by atoms with Crippen LogP contribution in [-0.4, -0.2) is 16.7 Å². The second-order valence-corrected chi connectivity index (χ2v) is 4.51. The van der Waals surface area contributed by atoms with Crippen LogP contribution in [-0.2, 0) is 7.05 Å². The fraction of sp³-hybridized carbons (Fsp3) is 0.462. The lowest BCUT2D eigenvalue weighted by Crippen LogP contribution is -2.13. The van der Waals surface area contributed by atoms with E-state index in [-0.39, 0.29) is 0 Å². The highest BCUT2D eigenvalue weighted by Gasteiger charge is 2.24. The zero-order valence-electron chi connectivity index (χ0n) is 9.73. The van der Waals surface area contributed by atoms with Crippen LogP contribution in [0.4, 0.5) is 0 Å². The van der Waals surface area contributed by atoms with E-state index in [0.717, 1.165) is 11.3 Å². The molecule has 0 radical (unpaired) electrons. The first kappa shape index (κ1) is 9.70. The molecule has 0 unspecified atom stereocenters. The summed E-state index contributed by atoms with van der Waals surface area (Å²) in [7, 11) is 3.80. The van der Waals surface area contributed by atoms with Crippen LogP contribution in [0.2, 0.25) is 0 Å². The van der Waals surface area contributed by atoms with Crippen molar-refractivity contribution >= 4 is 11.0 Å². The average Bonchev–Trinajstić information content (AvgIpc) is 2.54. The molecule has 0 spiro atoms. The third kappa shape index (κ3) is 1.31. The van der Waals surface area contributed by atoms with Crippen LogP contribution in [0.25, 0.3) is 11.0 Å². The summed E-state index contributed by atoms with van der Waals surface area (Å²) in [5.74, 6) is 2.80. The quantitative estimate of drug-likeness (QED) is 0.771. The zero-order chi connectivity index (χ0) is 11.1. The molecule has 1 aromatic heterocycles. The smallest absolute Gasteiger partial charge is 0.121 e. The first-order valence-electron chi connectivity index (χ1n) is 5.80. The molecule has 0 bridgehead atoms. The third-order valence-electron chi connectivity index (χ3n) is 3.59. The van der Waals surface area contributed by atoms with Gasteiger partial charge in [0.1, 0.15) is 11.6 Å². The number of ether oxygens (including phenoxy) is 1. The number of nitrogens with zero attached hydrogens (tertiary/aromatic N) is 2. The molecule has 1 fully saturated rings. The summed E-state index contributed by atoms with van der Waals surface area (Å²) in [5.41, 5.74) is 2.24. The Bertz CT molecular complexity index is 526. The highest BCUT2D eigenvalue weighted by atomic mass is 16.5. The van der Waals surface area contributed by atoms with Gasteiger partial charge in [0, 0.05) is 19.0 Å². The molecule has 0 N–H and O–H groups in total. The molecule has 1 aliphatic rings. The van der Waals surface area contributed by atoms with Gasteiger partial charge in [0.25, 0.3) is 0 Å². The number of aromatic nitrogens is 2. The predicted molar refractivity (Wildman–Crippen MR) is 63.9 cm³/mol. The molecule has 3 heteroatoms. The minimum atomic E-state index is 0.670. The molecule has 0 aliphatic heterocycles. The van der Waals surface area contributed by atoms with Gasteiger partial charge in [-0.15, -0.1) is 0 Å². The Morgan fingerprint density at radius 2 is 2.19 bits per heavy atom. The van der Waals surface area contributed by atoms with Gasteiger partial charge in [-0.3, -0.25) is 0 Å².